The monoisotopic (exact) mass is 336 g/mol. The molecule has 0 aliphatic rings. The van der Waals surface area contributed by atoms with Crippen LogP contribution in [0.5, 0.6) is 5.75 Å². The topological polar surface area (TPSA) is 26.3 Å². The van der Waals surface area contributed by atoms with Crippen molar-refractivity contribution in [2.45, 2.75) is 20.5 Å². The zero-order valence-corrected chi connectivity index (χ0v) is 12.8. The van der Waals surface area contributed by atoms with Crippen LogP contribution in [-0.4, -0.2) is 5.78 Å². The fourth-order valence-electron chi connectivity index (χ4n) is 1.86. The Balaban J connectivity index is 2.24. The van der Waals surface area contributed by atoms with Crippen molar-refractivity contribution in [3.63, 3.8) is 0 Å². The van der Waals surface area contributed by atoms with E-state index in [4.69, 9.17) is 4.74 Å². The van der Waals surface area contributed by atoms with E-state index in [-0.39, 0.29) is 18.2 Å². The van der Waals surface area contributed by atoms with E-state index in [0.717, 1.165) is 15.6 Å². The number of benzene rings is 2. The third kappa shape index (κ3) is 3.45. The molecular formula is C16H14BrFO2. The van der Waals surface area contributed by atoms with Gasteiger partial charge in [0.25, 0.3) is 0 Å². The second kappa shape index (κ2) is 6.18. The third-order valence-electron chi connectivity index (χ3n) is 3.02. The molecule has 0 aliphatic heterocycles. The molecule has 4 heteroatoms. The van der Waals surface area contributed by atoms with Crippen molar-refractivity contribution in [2.24, 2.45) is 0 Å². The van der Waals surface area contributed by atoms with Crippen molar-refractivity contribution < 1.29 is 13.9 Å². The van der Waals surface area contributed by atoms with Gasteiger partial charge in [0.05, 0.1) is 5.56 Å². The van der Waals surface area contributed by atoms with Gasteiger partial charge in [-0.2, -0.15) is 0 Å². The van der Waals surface area contributed by atoms with Crippen LogP contribution in [0.4, 0.5) is 4.39 Å². The SMILES string of the molecule is CC(=O)c1ccc(Br)cc1OCc1cc(F)ccc1C. The Morgan fingerprint density at radius 2 is 2.00 bits per heavy atom. The van der Waals surface area contributed by atoms with Gasteiger partial charge in [-0.25, -0.2) is 4.39 Å². The number of carbonyl (C=O) groups is 1. The summed E-state index contributed by atoms with van der Waals surface area (Å²) in [5, 5.41) is 0. The molecule has 0 amide bonds. The van der Waals surface area contributed by atoms with E-state index >= 15 is 0 Å². The van der Waals surface area contributed by atoms with Crippen LogP contribution in [0.15, 0.2) is 40.9 Å². The van der Waals surface area contributed by atoms with Crippen LogP contribution in [0.2, 0.25) is 0 Å². The number of hydrogen-bond donors (Lipinski definition) is 0. The van der Waals surface area contributed by atoms with Crippen molar-refractivity contribution in [2.75, 3.05) is 0 Å². The van der Waals surface area contributed by atoms with Crippen LogP contribution in [0, 0.1) is 12.7 Å². The number of Topliss-reactive ketones (excluding diaryl/α,β-unsaturated/α-hetero) is 1. The van der Waals surface area contributed by atoms with Gasteiger partial charge in [-0.15, -0.1) is 0 Å². The fraction of sp³-hybridized carbons (Fsp3) is 0.188. The zero-order valence-electron chi connectivity index (χ0n) is 11.2. The zero-order chi connectivity index (χ0) is 14.7. The Hall–Kier alpha value is -1.68. The normalized spacial score (nSPS) is 10.4. The predicted molar refractivity (Wildman–Crippen MR) is 79.6 cm³/mol. The van der Waals surface area contributed by atoms with Gasteiger partial charge in [0.15, 0.2) is 5.78 Å². The highest BCUT2D eigenvalue weighted by molar-refractivity contribution is 9.10. The molecule has 0 saturated heterocycles. The van der Waals surface area contributed by atoms with Crippen LogP contribution in [0.1, 0.15) is 28.4 Å². The molecule has 2 aromatic carbocycles. The molecule has 0 atom stereocenters. The van der Waals surface area contributed by atoms with Crippen molar-refractivity contribution >= 4 is 21.7 Å². The molecule has 0 fully saturated rings. The Morgan fingerprint density at radius 3 is 2.70 bits per heavy atom. The minimum Gasteiger partial charge on any atom is -0.488 e. The van der Waals surface area contributed by atoms with Crippen LogP contribution in [0.25, 0.3) is 0 Å². The quantitative estimate of drug-likeness (QED) is 0.758. The van der Waals surface area contributed by atoms with Gasteiger partial charge < -0.3 is 4.74 Å². The highest BCUT2D eigenvalue weighted by atomic mass is 79.9. The molecule has 0 spiro atoms. The fourth-order valence-corrected chi connectivity index (χ4v) is 2.20. The number of aryl methyl sites for hydroxylation is 1. The van der Waals surface area contributed by atoms with Crippen molar-refractivity contribution in [3.8, 4) is 5.75 Å². The number of halogens is 2. The minimum atomic E-state index is -0.296. The van der Waals surface area contributed by atoms with Crippen LogP contribution < -0.4 is 4.74 Å². The summed E-state index contributed by atoms with van der Waals surface area (Å²) in [4.78, 5) is 11.6. The first-order valence-corrected chi connectivity index (χ1v) is 6.95. The number of ketones is 1. The Kier molecular flexibility index (Phi) is 4.55. The molecule has 2 aromatic rings. The molecule has 0 aliphatic carbocycles. The Morgan fingerprint density at radius 1 is 1.25 bits per heavy atom. The van der Waals surface area contributed by atoms with E-state index in [9.17, 15) is 9.18 Å². The van der Waals surface area contributed by atoms with E-state index in [1.165, 1.54) is 19.1 Å². The lowest BCUT2D eigenvalue weighted by atomic mass is 10.1. The number of carbonyl (C=O) groups excluding carboxylic acids is 1. The van der Waals surface area contributed by atoms with E-state index in [1.54, 1.807) is 24.3 Å². The highest BCUT2D eigenvalue weighted by Gasteiger charge is 2.10. The maximum atomic E-state index is 13.2. The molecule has 0 bridgehead atoms. The summed E-state index contributed by atoms with van der Waals surface area (Å²) in [6.45, 7) is 3.61. The lowest BCUT2D eigenvalue weighted by molar-refractivity contribution is 0.101. The number of rotatable bonds is 4. The largest absolute Gasteiger partial charge is 0.488 e. The van der Waals surface area contributed by atoms with Crippen molar-refractivity contribution in [1.82, 2.24) is 0 Å². The van der Waals surface area contributed by atoms with Crippen LogP contribution in [0.3, 0.4) is 0 Å². The molecular weight excluding hydrogens is 323 g/mol. The Labute approximate surface area is 125 Å². The van der Waals surface area contributed by atoms with E-state index in [1.807, 2.05) is 6.92 Å². The van der Waals surface area contributed by atoms with Gasteiger partial charge in [-0.3, -0.25) is 4.79 Å². The average molecular weight is 337 g/mol. The third-order valence-corrected chi connectivity index (χ3v) is 3.51. The second-order valence-corrected chi connectivity index (χ2v) is 5.47. The van der Waals surface area contributed by atoms with Gasteiger partial charge in [0.2, 0.25) is 0 Å². The van der Waals surface area contributed by atoms with Gasteiger partial charge >= 0.3 is 0 Å². The van der Waals surface area contributed by atoms with Crippen LogP contribution in [-0.2, 0) is 6.61 Å². The molecule has 104 valence electrons. The molecule has 0 radical (unpaired) electrons. The van der Waals surface area contributed by atoms with Gasteiger partial charge in [-0.05, 0) is 55.3 Å². The molecule has 0 N–H and O–H groups in total. The molecule has 20 heavy (non-hydrogen) atoms. The lowest BCUT2D eigenvalue weighted by Crippen LogP contribution is -2.03. The van der Waals surface area contributed by atoms with Crippen LogP contribution >= 0.6 is 15.9 Å². The smallest absolute Gasteiger partial charge is 0.163 e. The summed E-state index contributed by atoms with van der Waals surface area (Å²) in [5.41, 5.74) is 2.23. The van der Waals surface area contributed by atoms with E-state index in [0.29, 0.717) is 11.3 Å². The summed E-state index contributed by atoms with van der Waals surface area (Å²) in [6, 6.07) is 9.81. The average Bonchev–Trinajstić information content (AvgIpc) is 2.39. The first-order chi connectivity index (χ1) is 9.47. The molecule has 0 unspecified atom stereocenters. The standard InChI is InChI=1S/C16H14BrFO2/c1-10-3-5-14(18)7-12(10)9-20-16-8-13(17)4-6-15(16)11(2)19/h3-8H,9H2,1-2H3. The summed E-state index contributed by atoms with van der Waals surface area (Å²) >= 11 is 3.35. The molecule has 0 heterocycles. The van der Waals surface area contributed by atoms with E-state index < -0.39 is 0 Å². The van der Waals surface area contributed by atoms with Gasteiger partial charge in [-0.1, -0.05) is 22.0 Å². The summed E-state index contributed by atoms with van der Waals surface area (Å²) in [7, 11) is 0. The number of ether oxygens (including phenoxy) is 1. The predicted octanol–water partition coefficient (Wildman–Crippen LogP) is 4.68. The summed E-state index contributed by atoms with van der Waals surface area (Å²) in [6.07, 6.45) is 0. The molecule has 0 saturated carbocycles. The summed E-state index contributed by atoms with van der Waals surface area (Å²) < 4.78 is 19.7. The Bertz CT molecular complexity index is 653. The highest BCUT2D eigenvalue weighted by Crippen LogP contribution is 2.25. The molecule has 2 nitrogen and oxygen atoms in total. The van der Waals surface area contributed by atoms with Crippen molar-refractivity contribution in [1.29, 1.82) is 0 Å². The summed E-state index contributed by atoms with van der Waals surface area (Å²) in [5.74, 6) is 0.134. The van der Waals surface area contributed by atoms with Gasteiger partial charge in [0.1, 0.15) is 18.2 Å². The maximum absolute atomic E-state index is 13.2. The lowest BCUT2D eigenvalue weighted by Gasteiger charge is -2.12. The number of hydrogen-bond acceptors (Lipinski definition) is 2. The van der Waals surface area contributed by atoms with Crippen molar-refractivity contribution in [3.05, 3.63) is 63.4 Å². The molecule has 0 aromatic heterocycles. The second-order valence-electron chi connectivity index (χ2n) is 4.56. The minimum absolute atomic E-state index is 0.0662. The molecule has 2 rings (SSSR count). The first-order valence-electron chi connectivity index (χ1n) is 6.15. The van der Waals surface area contributed by atoms with Gasteiger partial charge in [0, 0.05) is 4.47 Å². The first kappa shape index (κ1) is 14.7. The maximum Gasteiger partial charge on any atom is 0.163 e. The van der Waals surface area contributed by atoms with E-state index in [2.05, 4.69) is 15.9 Å².